The number of ether oxygens (including phenoxy) is 1. The first-order valence-electron chi connectivity index (χ1n) is 9.98. The predicted octanol–water partition coefficient (Wildman–Crippen LogP) is 6.04. The summed E-state index contributed by atoms with van der Waals surface area (Å²) in [6.45, 7) is 8.36. The van der Waals surface area contributed by atoms with Crippen LogP contribution >= 0.6 is 0 Å². The van der Waals surface area contributed by atoms with Crippen LogP contribution in [0.5, 0.6) is 5.75 Å². The second kappa shape index (κ2) is 8.03. The van der Waals surface area contributed by atoms with E-state index in [4.69, 9.17) is 9.15 Å². The van der Waals surface area contributed by atoms with Crippen LogP contribution < -0.4 is 10.1 Å². The molecule has 0 atom stereocenters. The van der Waals surface area contributed by atoms with E-state index >= 15 is 0 Å². The summed E-state index contributed by atoms with van der Waals surface area (Å²) in [7, 11) is 0. The first-order valence-corrected chi connectivity index (χ1v) is 9.98. The topological polar surface area (TPSA) is 64.4 Å². The highest BCUT2D eigenvalue weighted by molar-refractivity contribution is 6.08. The van der Waals surface area contributed by atoms with Crippen LogP contribution in [0.4, 0.5) is 5.69 Å². The molecule has 5 heteroatoms. The largest absolute Gasteiger partial charge is 0.493 e. The number of allylic oxidation sites excluding steroid dienone is 1. The summed E-state index contributed by atoms with van der Waals surface area (Å²) in [5.41, 5.74) is 5.15. The lowest BCUT2D eigenvalue weighted by Crippen LogP contribution is -2.09. The second-order valence-electron chi connectivity index (χ2n) is 7.25. The fourth-order valence-corrected chi connectivity index (χ4v) is 3.61. The van der Waals surface area contributed by atoms with Crippen molar-refractivity contribution in [3.8, 4) is 5.75 Å². The van der Waals surface area contributed by atoms with Gasteiger partial charge in [0.05, 0.1) is 17.8 Å². The Hall–Kier alpha value is -3.60. The van der Waals surface area contributed by atoms with E-state index in [1.54, 1.807) is 12.3 Å². The lowest BCUT2D eigenvalue weighted by atomic mass is 10.0. The summed E-state index contributed by atoms with van der Waals surface area (Å²) in [6, 6.07) is 13.4. The molecule has 0 saturated heterocycles. The molecular weight excluding hydrogens is 376 g/mol. The highest BCUT2D eigenvalue weighted by Crippen LogP contribution is 2.35. The number of rotatable bonds is 5. The molecule has 152 valence electrons. The highest BCUT2D eigenvalue weighted by Gasteiger charge is 2.15. The molecule has 0 spiro atoms. The molecule has 4 aromatic rings. The number of hydrogen-bond acceptors (Lipinski definition) is 4. The molecule has 0 aliphatic heterocycles. The van der Waals surface area contributed by atoms with E-state index in [9.17, 15) is 4.79 Å². The van der Waals surface area contributed by atoms with E-state index in [0.717, 1.165) is 50.0 Å². The Morgan fingerprint density at radius 2 is 2.00 bits per heavy atom. The molecule has 0 aliphatic carbocycles. The van der Waals surface area contributed by atoms with Gasteiger partial charge in [-0.15, -0.1) is 0 Å². The number of carbonyl (C=O) groups is 1. The van der Waals surface area contributed by atoms with E-state index in [1.165, 1.54) is 0 Å². The minimum Gasteiger partial charge on any atom is -0.493 e. The highest BCUT2D eigenvalue weighted by atomic mass is 16.5. The Morgan fingerprint density at radius 1 is 1.17 bits per heavy atom. The molecule has 0 unspecified atom stereocenters. The number of carbonyl (C=O) groups excluding carboxylic acids is 1. The van der Waals surface area contributed by atoms with Gasteiger partial charge in [0, 0.05) is 34.7 Å². The normalized spacial score (nSPS) is 11.8. The average molecular weight is 400 g/mol. The SMILES string of the molecule is CCOc1cc2oc(C)c(C)c2cc1/C(C)=C/C(=O)Nc1cccc2ncccc12. The summed E-state index contributed by atoms with van der Waals surface area (Å²) in [4.78, 5) is 17.1. The number of furan rings is 1. The summed E-state index contributed by atoms with van der Waals surface area (Å²) in [5.74, 6) is 1.38. The zero-order valence-corrected chi connectivity index (χ0v) is 17.6. The summed E-state index contributed by atoms with van der Waals surface area (Å²) in [6.07, 6.45) is 3.34. The molecule has 1 N–H and O–H groups in total. The van der Waals surface area contributed by atoms with Crippen molar-refractivity contribution < 1.29 is 13.9 Å². The number of nitrogens with one attached hydrogen (secondary N) is 1. The van der Waals surface area contributed by atoms with Crippen molar-refractivity contribution in [3.05, 3.63) is 71.6 Å². The molecule has 2 aromatic carbocycles. The van der Waals surface area contributed by atoms with Gasteiger partial charge in [0.15, 0.2) is 0 Å². The van der Waals surface area contributed by atoms with E-state index in [1.807, 2.05) is 70.2 Å². The number of benzene rings is 2. The van der Waals surface area contributed by atoms with Crippen molar-refractivity contribution in [1.29, 1.82) is 0 Å². The van der Waals surface area contributed by atoms with Crippen LogP contribution in [-0.4, -0.2) is 17.5 Å². The van der Waals surface area contributed by atoms with Gasteiger partial charge in [-0.2, -0.15) is 0 Å². The summed E-state index contributed by atoms with van der Waals surface area (Å²) in [5, 5.41) is 4.91. The third kappa shape index (κ3) is 3.66. The standard InChI is InChI=1S/C25H24N2O3/c1-5-29-23-14-24-20(16(3)17(4)30-24)13-19(23)15(2)12-25(28)27-22-10-6-9-21-18(22)8-7-11-26-21/h6-14H,5H2,1-4H3,(H,27,28)/b15-12+. The monoisotopic (exact) mass is 400 g/mol. The fourth-order valence-electron chi connectivity index (χ4n) is 3.61. The van der Waals surface area contributed by atoms with Crippen molar-refractivity contribution in [2.45, 2.75) is 27.7 Å². The molecule has 5 nitrogen and oxygen atoms in total. The minimum absolute atomic E-state index is 0.202. The quantitative estimate of drug-likeness (QED) is 0.415. The average Bonchev–Trinajstić information content (AvgIpc) is 3.01. The molecule has 1 amide bonds. The fraction of sp³-hybridized carbons (Fsp3) is 0.200. The lowest BCUT2D eigenvalue weighted by molar-refractivity contribution is -0.111. The van der Waals surface area contributed by atoms with Crippen molar-refractivity contribution in [2.24, 2.45) is 0 Å². The molecule has 0 fully saturated rings. The number of hydrogen-bond donors (Lipinski definition) is 1. The molecule has 0 radical (unpaired) electrons. The number of aromatic nitrogens is 1. The van der Waals surface area contributed by atoms with Gasteiger partial charge in [-0.1, -0.05) is 6.07 Å². The van der Waals surface area contributed by atoms with Crippen LogP contribution in [0.25, 0.3) is 27.4 Å². The third-order valence-corrected chi connectivity index (χ3v) is 5.25. The van der Waals surface area contributed by atoms with Gasteiger partial charge in [-0.3, -0.25) is 9.78 Å². The van der Waals surface area contributed by atoms with Crippen molar-refractivity contribution in [1.82, 2.24) is 4.98 Å². The molecule has 2 aromatic heterocycles. The van der Waals surface area contributed by atoms with Crippen molar-refractivity contribution in [3.63, 3.8) is 0 Å². The van der Waals surface area contributed by atoms with Crippen molar-refractivity contribution in [2.75, 3.05) is 11.9 Å². The number of aryl methyl sites for hydroxylation is 2. The minimum atomic E-state index is -0.202. The van der Waals surface area contributed by atoms with Gasteiger partial charge >= 0.3 is 0 Å². The maximum atomic E-state index is 12.8. The number of anilines is 1. The maximum absolute atomic E-state index is 12.8. The van der Waals surface area contributed by atoms with Gasteiger partial charge in [-0.05, 0) is 69.2 Å². The molecule has 0 bridgehead atoms. The van der Waals surface area contributed by atoms with Gasteiger partial charge in [-0.25, -0.2) is 0 Å². The zero-order valence-electron chi connectivity index (χ0n) is 17.6. The first kappa shape index (κ1) is 19.7. The Morgan fingerprint density at radius 3 is 2.80 bits per heavy atom. The molecular formula is C25H24N2O3. The Labute approximate surface area is 175 Å². The maximum Gasteiger partial charge on any atom is 0.248 e. The van der Waals surface area contributed by atoms with E-state index in [0.29, 0.717) is 12.4 Å². The number of nitrogens with zero attached hydrogens (tertiary/aromatic N) is 1. The van der Waals surface area contributed by atoms with E-state index < -0.39 is 0 Å². The van der Waals surface area contributed by atoms with Crippen LogP contribution in [0.15, 0.2) is 59.2 Å². The number of fused-ring (bicyclic) bond motifs is 2. The van der Waals surface area contributed by atoms with Crippen LogP contribution in [0.2, 0.25) is 0 Å². The Balaban J connectivity index is 1.69. The number of amides is 1. The van der Waals surface area contributed by atoms with Crippen LogP contribution in [0.3, 0.4) is 0 Å². The Bertz CT molecular complexity index is 1280. The van der Waals surface area contributed by atoms with Gasteiger partial charge in [0.1, 0.15) is 17.1 Å². The van der Waals surface area contributed by atoms with E-state index in [2.05, 4.69) is 10.3 Å². The second-order valence-corrected chi connectivity index (χ2v) is 7.25. The Kier molecular flexibility index (Phi) is 5.27. The van der Waals surface area contributed by atoms with Crippen molar-refractivity contribution >= 4 is 39.0 Å². The molecule has 0 saturated carbocycles. The summed E-state index contributed by atoms with van der Waals surface area (Å²) >= 11 is 0. The predicted molar refractivity (Wildman–Crippen MR) is 121 cm³/mol. The van der Waals surface area contributed by atoms with Crippen LogP contribution in [-0.2, 0) is 4.79 Å². The summed E-state index contributed by atoms with van der Waals surface area (Å²) < 4.78 is 11.7. The van der Waals surface area contributed by atoms with Crippen LogP contribution in [0.1, 0.15) is 30.7 Å². The molecule has 0 aliphatic rings. The lowest BCUT2D eigenvalue weighted by Gasteiger charge is -2.12. The molecule has 4 rings (SSSR count). The van der Waals surface area contributed by atoms with Gasteiger partial charge in [0.2, 0.25) is 5.91 Å². The van der Waals surface area contributed by atoms with E-state index in [-0.39, 0.29) is 5.91 Å². The first-order chi connectivity index (χ1) is 14.5. The zero-order chi connectivity index (χ0) is 21.3. The molecule has 30 heavy (non-hydrogen) atoms. The van der Waals surface area contributed by atoms with Gasteiger partial charge < -0.3 is 14.5 Å². The molecule has 2 heterocycles. The number of pyridine rings is 1. The third-order valence-electron chi connectivity index (χ3n) is 5.25. The van der Waals surface area contributed by atoms with Gasteiger partial charge in [0.25, 0.3) is 0 Å². The smallest absolute Gasteiger partial charge is 0.248 e. The van der Waals surface area contributed by atoms with Crippen LogP contribution in [0, 0.1) is 13.8 Å².